The molecule has 0 atom stereocenters. The average molecular weight is 460 g/mol. The molecular formula is C21H29N7O5. The minimum absolute atomic E-state index is 0.0576. The van der Waals surface area contributed by atoms with E-state index in [9.17, 15) is 24.6 Å². The highest BCUT2D eigenvalue weighted by molar-refractivity contribution is 6.22. The van der Waals surface area contributed by atoms with Crippen LogP contribution in [0, 0.1) is 0 Å². The van der Waals surface area contributed by atoms with Gasteiger partial charge in [-0.25, -0.2) is 29.0 Å². The predicted molar refractivity (Wildman–Crippen MR) is 121 cm³/mol. The highest BCUT2D eigenvalue weighted by Crippen LogP contribution is 2.29. The molecule has 2 aromatic rings. The van der Waals surface area contributed by atoms with E-state index in [-0.39, 0.29) is 16.9 Å². The average Bonchev–Trinajstić information content (AvgIpc) is 2.95. The molecule has 3 heterocycles. The minimum Gasteiger partial charge on any atom is -0.478 e. The zero-order valence-electron chi connectivity index (χ0n) is 18.6. The summed E-state index contributed by atoms with van der Waals surface area (Å²) in [4.78, 5) is 46.1. The van der Waals surface area contributed by atoms with Crippen LogP contribution < -0.4 is 10.6 Å². The third kappa shape index (κ3) is 6.25. The van der Waals surface area contributed by atoms with Gasteiger partial charge in [0.2, 0.25) is 0 Å². The lowest BCUT2D eigenvalue weighted by Gasteiger charge is -2.19. The lowest BCUT2D eigenvalue weighted by Crippen LogP contribution is -2.29. The van der Waals surface area contributed by atoms with Crippen molar-refractivity contribution in [2.75, 3.05) is 31.5 Å². The molecule has 1 aliphatic heterocycles. The number of carbonyl (C=O) groups is 3. The van der Waals surface area contributed by atoms with Gasteiger partial charge in [-0.3, -0.25) is 5.32 Å². The summed E-state index contributed by atoms with van der Waals surface area (Å²) in [7, 11) is 0. The van der Waals surface area contributed by atoms with E-state index in [0.29, 0.717) is 31.4 Å². The van der Waals surface area contributed by atoms with Gasteiger partial charge in [0.05, 0.1) is 17.5 Å². The van der Waals surface area contributed by atoms with Crippen molar-refractivity contribution < 1.29 is 24.6 Å². The number of carbonyl (C=O) groups excluding carboxylic acids is 1. The Morgan fingerprint density at radius 2 is 1.82 bits per heavy atom. The zero-order chi connectivity index (χ0) is 23.8. The van der Waals surface area contributed by atoms with Gasteiger partial charge in [-0.15, -0.1) is 0 Å². The van der Waals surface area contributed by atoms with Gasteiger partial charge in [0, 0.05) is 19.2 Å². The molecule has 0 spiro atoms. The lowest BCUT2D eigenvalue weighted by molar-refractivity contribution is -0.133. The standard InChI is InChI=1S/C21H29N7O5/c1-2-7-22-21(33)25-18-16-17(14(20(31)32)12-15(29)30)26-28(19(16)24-13-23-18)11-10-27-8-5-3-4-6-9-27/h12-13H,2-11H2,1H3,(H,29,30)(H,31,32)(H2,22,23,24,25,33)/b14-12-. The molecule has 178 valence electrons. The topological polar surface area (TPSA) is 163 Å². The summed E-state index contributed by atoms with van der Waals surface area (Å²) >= 11 is 0. The van der Waals surface area contributed by atoms with Crippen LogP contribution in [0.1, 0.15) is 44.7 Å². The second-order valence-corrected chi connectivity index (χ2v) is 7.83. The van der Waals surface area contributed by atoms with Crippen LogP contribution in [0.5, 0.6) is 0 Å². The van der Waals surface area contributed by atoms with Crippen molar-refractivity contribution in [3.05, 3.63) is 18.1 Å². The van der Waals surface area contributed by atoms with Crippen LogP contribution in [0.3, 0.4) is 0 Å². The second-order valence-electron chi connectivity index (χ2n) is 7.83. The smallest absolute Gasteiger partial charge is 0.338 e. The minimum atomic E-state index is -1.46. The Hall–Kier alpha value is -3.54. The van der Waals surface area contributed by atoms with Gasteiger partial charge >= 0.3 is 18.0 Å². The van der Waals surface area contributed by atoms with Crippen LogP contribution in [-0.4, -0.2) is 79.0 Å². The maximum Gasteiger partial charge on any atom is 0.338 e. The van der Waals surface area contributed by atoms with Crippen LogP contribution >= 0.6 is 0 Å². The number of likely N-dealkylation sites (tertiary alicyclic amines) is 1. The van der Waals surface area contributed by atoms with Crippen molar-refractivity contribution in [1.29, 1.82) is 0 Å². The van der Waals surface area contributed by atoms with Crippen LogP contribution in [0.2, 0.25) is 0 Å². The van der Waals surface area contributed by atoms with Crippen LogP contribution in [0.15, 0.2) is 12.4 Å². The van der Waals surface area contributed by atoms with Gasteiger partial charge < -0.3 is 20.4 Å². The van der Waals surface area contributed by atoms with Crippen LogP contribution in [0.4, 0.5) is 10.6 Å². The SMILES string of the molecule is CCCNC(=O)Nc1ncnc2c1c(/C(=C/C(=O)O)C(=O)O)nn2CCN1CCCCCC1. The number of aliphatic carboxylic acids is 2. The molecule has 0 bridgehead atoms. The molecule has 12 nitrogen and oxygen atoms in total. The summed E-state index contributed by atoms with van der Waals surface area (Å²) in [6.45, 7) is 5.42. The predicted octanol–water partition coefficient (Wildman–Crippen LogP) is 1.79. The molecule has 0 unspecified atom stereocenters. The van der Waals surface area contributed by atoms with Crippen molar-refractivity contribution in [3.8, 4) is 0 Å². The van der Waals surface area contributed by atoms with E-state index >= 15 is 0 Å². The van der Waals surface area contributed by atoms with Gasteiger partial charge in [0.15, 0.2) is 5.65 Å². The molecule has 0 aromatic carbocycles. The second kappa shape index (κ2) is 11.4. The summed E-state index contributed by atoms with van der Waals surface area (Å²) in [6, 6.07) is -0.515. The summed E-state index contributed by atoms with van der Waals surface area (Å²) in [5.74, 6) is -2.82. The van der Waals surface area contributed by atoms with Gasteiger partial charge in [-0.05, 0) is 32.4 Å². The number of aromatic nitrogens is 4. The lowest BCUT2D eigenvalue weighted by atomic mass is 10.1. The van der Waals surface area contributed by atoms with Crippen molar-refractivity contribution in [2.24, 2.45) is 0 Å². The number of amides is 2. The van der Waals surface area contributed by atoms with Crippen molar-refractivity contribution in [1.82, 2.24) is 30.0 Å². The Kier molecular flexibility index (Phi) is 8.30. The fourth-order valence-electron chi connectivity index (χ4n) is 3.79. The molecule has 1 fully saturated rings. The Morgan fingerprint density at radius 3 is 2.45 bits per heavy atom. The fraction of sp³-hybridized carbons (Fsp3) is 0.524. The monoisotopic (exact) mass is 459 g/mol. The van der Waals surface area contributed by atoms with Gasteiger partial charge in [0.1, 0.15) is 17.8 Å². The summed E-state index contributed by atoms with van der Waals surface area (Å²) in [5.41, 5.74) is -0.312. The number of fused-ring (bicyclic) bond motifs is 1. The molecule has 0 aliphatic carbocycles. The Labute approximate surface area is 190 Å². The van der Waals surface area contributed by atoms with Gasteiger partial charge in [0.25, 0.3) is 0 Å². The number of carboxylic acids is 2. The first-order valence-corrected chi connectivity index (χ1v) is 11.1. The van der Waals surface area contributed by atoms with E-state index in [0.717, 1.165) is 32.4 Å². The first-order chi connectivity index (χ1) is 15.9. The van der Waals surface area contributed by atoms with Crippen molar-refractivity contribution in [3.63, 3.8) is 0 Å². The number of carboxylic acid groups (broad SMARTS) is 2. The molecular weight excluding hydrogens is 430 g/mol. The molecule has 3 rings (SSSR count). The fourth-order valence-corrected chi connectivity index (χ4v) is 3.79. The number of urea groups is 1. The molecule has 12 heteroatoms. The summed E-state index contributed by atoms with van der Waals surface area (Å²) in [6.07, 6.45) is 7.23. The van der Waals surface area contributed by atoms with E-state index in [4.69, 9.17) is 0 Å². The number of hydrogen-bond acceptors (Lipinski definition) is 7. The molecule has 2 aromatic heterocycles. The van der Waals surface area contributed by atoms with Gasteiger partial charge in [-0.1, -0.05) is 19.8 Å². The van der Waals surface area contributed by atoms with E-state index < -0.39 is 23.5 Å². The molecule has 0 radical (unpaired) electrons. The first kappa shape index (κ1) is 24.1. The maximum atomic E-state index is 12.2. The van der Waals surface area contributed by atoms with Crippen molar-refractivity contribution in [2.45, 2.75) is 45.6 Å². The number of rotatable bonds is 9. The van der Waals surface area contributed by atoms with Crippen molar-refractivity contribution >= 4 is 40.4 Å². The van der Waals surface area contributed by atoms with E-state index in [1.165, 1.54) is 19.2 Å². The normalized spacial score (nSPS) is 15.2. The van der Waals surface area contributed by atoms with E-state index in [1.54, 1.807) is 4.68 Å². The number of nitrogens with one attached hydrogen (secondary N) is 2. The largest absolute Gasteiger partial charge is 0.478 e. The third-order valence-electron chi connectivity index (χ3n) is 5.38. The first-order valence-electron chi connectivity index (χ1n) is 11.1. The van der Waals surface area contributed by atoms with Crippen LogP contribution in [-0.2, 0) is 16.1 Å². The molecule has 1 saturated heterocycles. The molecule has 1 aliphatic rings. The number of nitrogens with zero attached hydrogens (tertiary/aromatic N) is 5. The zero-order valence-corrected chi connectivity index (χ0v) is 18.6. The molecule has 2 amide bonds. The maximum absolute atomic E-state index is 12.2. The van der Waals surface area contributed by atoms with Gasteiger partial charge in [-0.2, -0.15) is 5.10 Å². The molecule has 4 N–H and O–H groups in total. The van der Waals surface area contributed by atoms with E-state index in [2.05, 4.69) is 30.6 Å². The Morgan fingerprint density at radius 1 is 1.09 bits per heavy atom. The molecule has 0 saturated carbocycles. The highest BCUT2D eigenvalue weighted by atomic mass is 16.4. The summed E-state index contributed by atoms with van der Waals surface area (Å²) in [5, 5.41) is 28.7. The quantitative estimate of drug-likeness (QED) is 0.409. The number of hydrogen-bond donors (Lipinski definition) is 4. The third-order valence-corrected chi connectivity index (χ3v) is 5.38. The van der Waals surface area contributed by atoms with Crippen LogP contribution in [0.25, 0.3) is 16.6 Å². The number of anilines is 1. The summed E-state index contributed by atoms with van der Waals surface area (Å²) < 4.78 is 1.55. The Bertz CT molecular complexity index is 1040. The highest BCUT2D eigenvalue weighted by Gasteiger charge is 2.25. The van der Waals surface area contributed by atoms with E-state index in [1.807, 2.05) is 6.92 Å². The Balaban J connectivity index is 2.02. The molecule has 33 heavy (non-hydrogen) atoms.